The Morgan fingerprint density at radius 3 is 2.67 bits per heavy atom. The molecule has 0 saturated heterocycles. The van der Waals surface area contributed by atoms with Crippen molar-refractivity contribution in [2.24, 2.45) is 11.8 Å². The van der Waals surface area contributed by atoms with Crippen LogP contribution in [0.3, 0.4) is 0 Å². The molecule has 96 valence electrons. The highest BCUT2D eigenvalue weighted by molar-refractivity contribution is 9.10. The van der Waals surface area contributed by atoms with Crippen LogP contribution in [0.15, 0.2) is 22.7 Å². The lowest BCUT2D eigenvalue weighted by Crippen LogP contribution is -2.16. The summed E-state index contributed by atoms with van der Waals surface area (Å²) in [7, 11) is 1.56. The molecule has 1 aromatic rings. The summed E-state index contributed by atoms with van der Waals surface area (Å²) in [5, 5.41) is 11.4. The van der Waals surface area contributed by atoms with Crippen LogP contribution < -0.4 is 10.1 Å². The molecule has 1 fully saturated rings. The quantitative estimate of drug-likeness (QED) is 0.892. The Morgan fingerprint density at radius 1 is 1.44 bits per heavy atom. The summed E-state index contributed by atoms with van der Waals surface area (Å²) in [6, 6.07) is 5.15. The van der Waals surface area contributed by atoms with E-state index in [2.05, 4.69) is 21.2 Å². The topological polar surface area (TPSA) is 75.6 Å². The number of aliphatic carboxylic acids is 1. The average molecular weight is 314 g/mol. The molecule has 0 spiro atoms. The van der Waals surface area contributed by atoms with Gasteiger partial charge in [0.2, 0.25) is 5.91 Å². The fraction of sp³-hybridized carbons (Fsp3) is 0.333. The number of ether oxygens (including phenoxy) is 1. The first-order valence-electron chi connectivity index (χ1n) is 5.40. The Balaban J connectivity index is 2.00. The number of carboxylic acids is 1. The van der Waals surface area contributed by atoms with Crippen molar-refractivity contribution in [1.82, 2.24) is 0 Å². The molecule has 1 aliphatic carbocycles. The molecule has 0 radical (unpaired) electrons. The number of amides is 1. The van der Waals surface area contributed by atoms with E-state index in [1.54, 1.807) is 25.3 Å². The van der Waals surface area contributed by atoms with Gasteiger partial charge in [0.1, 0.15) is 5.75 Å². The second-order valence-corrected chi connectivity index (χ2v) is 4.98. The summed E-state index contributed by atoms with van der Waals surface area (Å²) in [5.74, 6) is -1.44. The summed E-state index contributed by atoms with van der Waals surface area (Å²) in [6.45, 7) is 0. The lowest BCUT2D eigenvalue weighted by molar-refractivity contribution is -0.139. The second kappa shape index (κ2) is 4.97. The number of hydrogen-bond acceptors (Lipinski definition) is 3. The zero-order valence-electron chi connectivity index (χ0n) is 9.64. The summed E-state index contributed by atoms with van der Waals surface area (Å²) >= 11 is 3.31. The summed E-state index contributed by atoms with van der Waals surface area (Å²) in [5.41, 5.74) is 0.615. The van der Waals surface area contributed by atoms with Crippen molar-refractivity contribution in [3.8, 4) is 5.75 Å². The number of halogens is 1. The molecule has 18 heavy (non-hydrogen) atoms. The van der Waals surface area contributed by atoms with Gasteiger partial charge in [-0.25, -0.2) is 0 Å². The first-order valence-corrected chi connectivity index (χ1v) is 6.19. The fourth-order valence-electron chi connectivity index (χ4n) is 1.74. The van der Waals surface area contributed by atoms with Gasteiger partial charge in [0.15, 0.2) is 0 Å². The van der Waals surface area contributed by atoms with Gasteiger partial charge in [-0.3, -0.25) is 9.59 Å². The first kappa shape index (κ1) is 12.9. The highest BCUT2D eigenvalue weighted by Crippen LogP contribution is 2.39. The lowest BCUT2D eigenvalue weighted by Gasteiger charge is -2.07. The lowest BCUT2D eigenvalue weighted by atomic mass is 10.2. The average Bonchev–Trinajstić information content (AvgIpc) is 3.09. The van der Waals surface area contributed by atoms with E-state index in [4.69, 9.17) is 9.84 Å². The van der Waals surface area contributed by atoms with Gasteiger partial charge in [0, 0.05) is 5.69 Å². The van der Waals surface area contributed by atoms with E-state index in [0.29, 0.717) is 17.9 Å². The van der Waals surface area contributed by atoms with Gasteiger partial charge < -0.3 is 15.2 Å². The minimum Gasteiger partial charge on any atom is -0.496 e. The summed E-state index contributed by atoms with van der Waals surface area (Å²) in [6.07, 6.45) is 0.415. The Labute approximate surface area is 112 Å². The molecule has 1 aromatic carbocycles. The van der Waals surface area contributed by atoms with Crippen molar-refractivity contribution in [1.29, 1.82) is 0 Å². The number of benzene rings is 1. The molecule has 0 unspecified atom stereocenters. The van der Waals surface area contributed by atoms with Crippen molar-refractivity contribution in [3.63, 3.8) is 0 Å². The van der Waals surface area contributed by atoms with E-state index in [-0.39, 0.29) is 5.91 Å². The molecule has 5 nitrogen and oxygen atoms in total. The van der Waals surface area contributed by atoms with Crippen molar-refractivity contribution in [2.45, 2.75) is 6.42 Å². The van der Waals surface area contributed by atoms with Gasteiger partial charge in [-0.2, -0.15) is 0 Å². The maximum absolute atomic E-state index is 11.7. The highest BCUT2D eigenvalue weighted by atomic mass is 79.9. The van der Waals surface area contributed by atoms with Crippen molar-refractivity contribution in [2.75, 3.05) is 12.4 Å². The van der Waals surface area contributed by atoms with Crippen LogP contribution in [-0.4, -0.2) is 24.1 Å². The number of nitrogens with one attached hydrogen (secondary N) is 1. The van der Waals surface area contributed by atoms with Crippen LogP contribution in [-0.2, 0) is 9.59 Å². The third kappa shape index (κ3) is 2.64. The monoisotopic (exact) mass is 313 g/mol. The third-order valence-electron chi connectivity index (χ3n) is 2.86. The second-order valence-electron chi connectivity index (χ2n) is 4.13. The van der Waals surface area contributed by atoms with Crippen LogP contribution in [0.1, 0.15) is 6.42 Å². The SMILES string of the molecule is COc1ccc(NC(=O)[C@@H]2C[C@@H]2C(=O)O)cc1Br. The molecule has 2 rings (SSSR count). The molecule has 1 amide bonds. The van der Waals surface area contributed by atoms with E-state index in [1.165, 1.54) is 0 Å². The third-order valence-corrected chi connectivity index (χ3v) is 3.48. The Bertz CT molecular complexity index is 503. The van der Waals surface area contributed by atoms with Gasteiger partial charge in [0.05, 0.1) is 23.4 Å². The number of rotatable bonds is 4. The summed E-state index contributed by atoms with van der Waals surface area (Å²) in [4.78, 5) is 22.4. The predicted molar refractivity (Wildman–Crippen MR) is 68.6 cm³/mol. The van der Waals surface area contributed by atoms with E-state index < -0.39 is 17.8 Å². The molecule has 1 aliphatic rings. The zero-order valence-corrected chi connectivity index (χ0v) is 11.2. The van der Waals surface area contributed by atoms with Gasteiger partial charge >= 0.3 is 5.97 Å². The van der Waals surface area contributed by atoms with Gasteiger partial charge in [-0.05, 0) is 40.5 Å². The summed E-state index contributed by atoms with van der Waals surface area (Å²) < 4.78 is 5.81. The molecule has 6 heteroatoms. The molecule has 0 bridgehead atoms. The van der Waals surface area contributed by atoms with E-state index in [1.807, 2.05) is 0 Å². The normalized spacial score (nSPS) is 21.2. The minimum atomic E-state index is -0.911. The molecule has 1 saturated carbocycles. The molecule has 0 aromatic heterocycles. The smallest absolute Gasteiger partial charge is 0.307 e. The fourth-order valence-corrected chi connectivity index (χ4v) is 2.28. The Kier molecular flexibility index (Phi) is 3.56. The molecule has 2 N–H and O–H groups in total. The number of methoxy groups -OCH3 is 1. The van der Waals surface area contributed by atoms with Crippen LogP contribution >= 0.6 is 15.9 Å². The molecule has 0 aliphatic heterocycles. The van der Waals surface area contributed by atoms with Gasteiger partial charge in [0.25, 0.3) is 0 Å². The van der Waals surface area contributed by atoms with E-state index in [0.717, 1.165) is 4.47 Å². The maximum atomic E-state index is 11.7. The number of carbonyl (C=O) groups is 2. The van der Waals surface area contributed by atoms with Crippen LogP contribution in [0, 0.1) is 11.8 Å². The molecule has 2 atom stereocenters. The van der Waals surface area contributed by atoms with Crippen LogP contribution in [0.4, 0.5) is 5.69 Å². The van der Waals surface area contributed by atoms with Crippen molar-refractivity contribution in [3.05, 3.63) is 22.7 Å². The zero-order chi connectivity index (χ0) is 13.3. The number of carboxylic acid groups (broad SMARTS) is 1. The Hall–Kier alpha value is -1.56. The molecular weight excluding hydrogens is 302 g/mol. The van der Waals surface area contributed by atoms with Gasteiger partial charge in [-0.1, -0.05) is 0 Å². The largest absolute Gasteiger partial charge is 0.496 e. The van der Waals surface area contributed by atoms with Crippen molar-refractivity contribution < 1.29 is 19.4 Å². The van der Waals surface area contributed by atoms with E-state index >= 15 is 0 Å². The standard InChI is InChI=1S/C12H12BrNO4/c1-18-10-3-2-6(4-9(10)13)14-11(15)7-5-8(7)12(16)17/h2-4,7-8H,5H2,1H3,(H,14,15)(H,16,17)/t7-,8+/m1/s1. The minimum absolute atomic E-state index is 0.250. The van der Waals surface area contributed by atoms with E-state index in [9.17, 15) is 9.59 Å². The Morgan fingerprint density at radius 2 is 2.17 bits per heavy atom. The maximum Gasteiger partial charge on any atom is 0.307 e. The van der Waals surface area contributed by atoms with Crippen LogP contribution in [0.25, 0.3) is 0 Å². The molecular formula is C12H12BrNO4. The van der Waals surface area contributed by atoms with Crippen LogP contribution in [0.2, 0.25) is 0 Å². The van der Waals surface area contributed by atoms with Crippen LogP contribution in [0.5, 0.6) is 5.75 Å². The van der Waals surface area contributed by atoms with Crippen molar-refractivity contribution >= 4 is 33.5 Å². The molecule has 0 heterocycles. The predicted octanol–water partition coefficient (Wildman–Crippen LogP) is 2.12. The highest BCUT2D eigenvalue weighted by Gasteiger charge is 2.48. The number of hydrogen-bond donors (Lipinski definition) is 2. The van der Waals surface area contributed by atoms with Gasteiger partial charge in [-0.15, -0.1) is 0 Å². The number of anilines is 1. The number of carbonyl (C=O) groups excluding carboxylic acids is 1. The first-order chi connectivity index (χ1) is 8.52.